The largest absolute Gasteiger partial charge is 0.481 e. The molecule has 4 heterocycles. The zero-order valence-electron chi connectivity index (χ0n) is 27.5. The predicted octanol–water partition coefficient (Wildman–Crippen LogP) is 6.78. The molecule has 0 saturated carbocycles. The van der Waals surface area contributed by atoms with Gasteiger partial charge in [0.2, 0.25) is 23.5 Å². The first-order valence-electron chi connectivity index (χ1n) is 15.9. The van der Waals surface area contributed by atoms with Crippen LogP contribution in [-0.4, -0.2) is 63.7 Å². The fourth-order valence-electron chi connectivity index (χ4n) is 6.05. The highest BCUT2D eigenvalue weighted by atomic mass is 79.9. The highest BCUT2D eigenvalue weighted by molar-refractivity contribution is 9.10. The minimum absolute atomic E-state index is 0.00960. The number of nitrogens with zero attached hydrogens (tertiary/aromatic N) is 2. The van der Waals surface area contributed by atoms with Crippen molar-refractivity contribution in [1.82, 2.24) is 20.6 Å². The summed E-state index contributed by atoms with van der Waals surface area (Å²) in [6.45, 7) is 9.02. The summed E-state index contributed by atoms with van der Waals surface area (Å²) in [6.07, 6.45) is 0. The molecule has 4 aromatic rings. The third kappa shape index (κ3) is 7.64. The molecule has 0 radical (unpaired) electrons. The van der Waals surface area contributed by atoms with Crippen molar-refractivity contribution in [1.29, 1.82) is 0 Å². The lowest BCUT2D eigenvalue weighted by molar-refractivity contribution is 0.0757. The Labute approximate surface area is 298 Å². The van der Waals surface area contributed by atoms with Crippen LogP contribution < -0.4 is 29.6 Å². The number of hydrogen-bond acceptors (Lipinski definition) is 10. The zero-order chi connectivity index (χ0) is 33.6. The molecule has 254 valence electrons. The standard InChI is InChI=1S/C36H40Br2N4O6/c1-21-23(17-47-35-29(37)15-27(33(41-35)43-3)31-19-45-13-11-39-31)7-5-9-25(21)26-10-6-8-24(22(26)2)18-48-36-30(38)16-28(34(42-36)44-4)32-20-46-14-12-40-32/h5-10,15-16,31-32,39-40H,11-14,17-20H2,1-4H3. The molecular formula is C36H40Br2N4O6. The maximum absolute atomic E-state index is 6.26. The van der Waals surface area contributed by atoms with Gasteiger partial charge in [0, 0.05) is 24.2 Å². The Morgan fingerprint density at radius 1 is 0.688 bits per heavy atom. The predicted molar refractivity (Wildman–Crippen MR) is 190 cm³/mol. The van der Waals surface area contributed by atoms with Crippen molar-refractivity contribution in [3.8, 4) is 34.6 Å². The Hall–Kier alpha value is -3.26. The molecule has 2 aliphatic heterocycles. The minimum atomic E-state index is 0.00960. The zero-order valence-corrected chi connectivity index (χ0v) is 30.7. The molecule has 12 heteroatoms. The number of nitrogens with one attached hydrogen (secondary N) is 2. The van der Waals surface area contributed by atoms with Crippen molar-refractivity contribution in [3.05, 3.63) is 90.9 Å². The third-order valence-corrected chi connectivity index (χ3v) is 9.90. The molecule has 2 aromatic carbocycles. The number of aromatic nitrogens is 2. The number of rotatable bonds is 11. The molecule has 10 nitrogen and oxygen atoms in total. The van der Waals surface area contributed by atoms with Crippen LogP contribution in [0.3, 0.4) is 0 Å². The van der Waals surface area contributed by atoms with Crippen molar-refractivity contribution < 1.29 is 28.4 Å². The number of benzene rings is 2. The van der Waals surface area contributed by atoms with E-state index in [0.717, 1.165) is 66.5 Å². The van der Waals surface area contributed by atoms with Gasteiger partial charge in [-0.25, -0.2) is 0 Å². The molecule has 48 heavy (non-hydrogen) atoms. The smallest absolute Gasteiger partial charge is 0.231 e. The second-order valence-corrected chi connectivity index (χ2v) is 13.4. The van der Waals surface area contributed by atoms with Crippen LogP contribution in [0.2, 0.25) is 0 Å². The van der Waals surface area contributed by atoms with Crippen LogP contribution in [0, 0.1) is 13.8 Å². The molecule has 2 N–H and O–H groups in total. The maximum atomic E-state index is 6.26. The van der Waals surface area contributed by atoms with Gasteiger partial charge in [-0.15, -0.1) is 0 Å². The van der Waals surface area contributed by atoms with E-state index in [-0.39, 0.29) is 12.1 Å². The van der Waals surface area contributed by atoms with E-state index in [0.29, 0.717) is 63.2 Å². The van der Waals surface area contributed by atoms with E-state index < -0.39 is 0 Å². The summed E-state index contributed by atoms with van der Waals surface area (Å²) in [4.78, 5) is 9.36. The van der Waals surface area contributed by atoms with Crippen LogP contribution in [0.1, 0.15) is 45.5 Å². The molecule has 2 aromatic heterocycles. The molecule has 2 fully saturated rings. The number of morpholine rings is 2. The maximum Gasteiger partial charge on any atom is 0.231 e. The number of methoxy groups -OCH3 is 2. The number of ether oxygens (including phenoxy) is 6. The van der Waals surface area contributed by atoms with Gasteiger partial charge in [-0.1, -0.05) is 36.4 Å². The van der Waals surface area contributed by atoms with E-state index in [9.17, 15) is 0 Å². The van der Waals surface area contributed by atoms with E-state index in [2.05, 4.69) is 103 Å². The van der Waals surface area contributed by atoms with Gasteiger partial charge < -0.3 is 39.1 Å². The van der Waals surface area contributed by atoms with Gasteiger partial charge >= 0.3 is 0 Å². The molecule has 6 rings (SSSR count). The van der Waals surface area contributed by atoms with Crippen LogP contribution in [0.4, 0.5) is 0 Å². The molecule has 0 bridgehead atoms. The average molecular weight is 785 g/mol. The number of halogens is 2. The van der Waals surface area contributed by atoms with Gasteiger partial charge in [0.1, 0.15) is 13.2 Å². The van der Waals surface area contributed by atoms with Gasteiger partial charge in [0.15, 0.2) is 0 Å². The molecule has 0 aliphatic carbocycles. The first-order valence-corrected chi connectivity index (χ1v) is 17.5. The van der Waals surface area contributed by atoms with Crippen LogP contribution in [0.25, 0.3) is 11.1 Å². The second kappa shape index (κ2) is 16.0. The van der Waals surface area contributed by atoms with E-state index in [1.807, 2.05) is 12.1 Å². The first-order chi connectivity index (χ1) is 23.4. The highest BCUT2D eigenvalue weighted by Crippen LogP contribution is 2.37. The van der Waals surface area contributed by atoms with Crippen LogP contribution in [0.5, 0.6) is 23.5 Å². The number of pyridine rings is 2. The van der Waals surface area contributed by atoms with E-state index in [4.69, 9.17) is 28.4 Å². The Morgan fingerprint density at radius 2 is 1.12 bits per heavy atom. The van der Waals surface area contributed by atoms with Crippen LogP contribution >= 0.6 is 31.9 Å². The van der Waals surface area contributed by atoms with Gasteiger partial charge in [-0.3, -0.25) is 0 Å². The SMILES string of the molecule is COc1nc(OCc2cccc(-c3cccc(COc4nc(OC)c(C5COCCN5)cc4Br)c3C)c2C)c(Br)cc1C1COCCN1. The monoisotopic (exact) mass is 782 g/mol. The van der Waals surface area contributed by atoms with E-state index >= 15 is 0 Å². The van der Waals surface area contributed by atoms with Crippen molar-refractivity contribution in [3.63, 3.8) is 0 Å². The summed E-state index contributed by atoms with van der Waals surface area (Å²) in [5, 5.41) is 6.92. The summed E-state index contributed by atoms with van der Waals surface area (Å²) in [5.74, 6) is 1.98. The molecule has 0 amide bonds. The Kier molecular flexibility index (Phi) is 11.5. The molecule has 2 atom stereocenters. The first kappa shape index (κ1) is 34.6. The fourth-order valence-corrected chi connectivity index (χ4v) is 6.95. The highest BCUT2D eigenvalue weighted by Gasteiger charge is 2.24. The molecule has 2 saturated heterocycles. The van der Waals surface area contributed by atoms with Crippen molar-refractivity contribution in [2.45, 2.75) is 39.1 Å². The minimum Gasteiger partial charge on any atom is -0.481 e. The van der Waals surface area contributed by atoms with Crippen molar-refractivity contribution >= 4 is 31.9 Å². The lowest BCUT2D eigenvalue weighted by atomic mass is 9.92. The normalized spacial score (nSPS) is 18.0. The topological polar surface area (TPSA) is 105 Å². The van der Waals surface area contributed by atoms with Crippen molar-refractivity contribution in [2.75, 3.05) is 53.7 Å². The van der Waals surface area contributed by atoms with E-state index in [1.165, 1.54) is 0 Å². The molecule has 2 aliphatic rings. The second-order valence-electron chi connectivity index (χ2n) is 11.7. The molecule has 0 spiro atoms. The summed E-state index contributed by atoms with van der Waals surface area (Å²) < 4.78 is 36.6. The van der Waals surface area contributed by atoms with Gasteiger partial charge in [-0.2, -0.15) is 9.97 Å². The summed E-state index contributed by atoms with van der Waals surface area (Å²) in [5.41, 5.74) is 8.51. The van der Waals surface area contributed by atoms with E-state index in [1.54, 1.807) is 14.2 Å². The third-order valence-electron chi connectivity index (χ3n) is 8.76. The summed E-state index contributed by atoms with van der Waals surface area (Å²) in [6, 6.07) is 16.6. The molecule has 2 unspecified atom stereocenters. The quantitative estimate of drug-likeness (QED) is 0.169. The van der Waals surface area contributed by atoms with Gasteiger partial charge in [0.05, 0.1) is 61.7 Å². The lowest BCUT2D eigenvalue weighted by Crippen LogP contribution is -2.34. The Morgan fingerprint density at radius 3 is 1.50 bits per heavy atom. The molecular weight excluding hydrogens is 744 g/mol. The lowest BCUT2D eigenvalue weighted by Gasteiger charge is -2.25. The summed E-state index contributed by atoms with van der Waals surface area (Å²) >= 11 is 7.32. The average Bonchev–Trinajstić information content (AvgIpc) is 3.12. The van der Waals surface area contributed by atoms with Crippen LogP contribution in [0.15, 0.2) is 57.5 Å². The van der Waals surface area contributed by atoms with Gasteiger partial charge in [-0.05, 0) is 91.2 Å². The summed E-state index contributed by atoms with van der Waals surface area (Å²) in [7, 11) is 3.24. The fraction of sp³-hybridized carbons (Fsp3) is 0.389. The van der Waals surface area contributed by atoms with Crippen molar-refractivity contribution in [2.24, 2.45) is 0 Å². The van der Waals surface area contributed by atoms with Gasteiger partial charge in [0.25, 0.3) is 0 Å². The van der Waals surface area contributed by atoms with Crippen LogP contribution in [-0.2, 0) is 22.7 Å². The number of hydrogen-bond donors (Lipinski definition) is 2. The Balaban J connectivity index is 1.18. The Bertz CT molecular complexity index is 1620.